The summed E-state index contributed by atoms with van der Waals surface area (Å²) in [4.78, 5) is 17.1. The third-order valence-corrected chi connectivity index (χ3v) is 6.01. The van der Waals surface area contributed by atoms with Crippen LogP contribution in [0.4, 0.5) is 5.69 Å². The molecule has 2 fully saturated rings. The van der Waals surface area contributed by atoms with Crippen LogP contribution in [0.3, 0.4) is 0 Å². The number of ether oxygens (including phenoxy) is 1. The molecule has 0 bridgehead atoms. The number of nitrogens with zero attached hydrogens (tertiary/aromatic N) is 2. The largest absolute Gasteiger partial charge is 0.507 e. The lowest BCUT2D eigenvalue weighted by molar-refractivity contribution is -0.0459. The van der Waals surface area contributed by atoms with E-state index in [4.69, 9.17) is 4.74 Å². The van der Waals surface area contributed by atoms with E-state index < -0.39 is 6.10 Å². The molecule has 1 saturated carbocycles. The Morgan fingerprint density at radius 1 is 1.25 bits per heavy atom. The first-order valence-corrected chi connectivity index (χ1v) is 10.4. The first kappa shape index (κ1) is 20.9. The Labute approximate surface area is 167 Å². The minimum Gasteiger partial charge on any atom is -0.507 e. The van der Waals surface area contributed by atoms with E-state index >= 15 is 0 Å². The molecule has 0 spiro atoms. The molecular formula is C21H33N3O4. The van der Waals surface area contributed by atoms with Gasteiger partial charge < -0.3 is 25.2 Å². The molecule has 2 aliphatic rings. The molecule has 7 nitrogen and oxygen atoms in total. The maximum Gasteiger partial charge on any atom is 0.255 e. The molecule has 1 aliphatic carbocycles. The Balaban J connectivity index is 1.66. The number of phenolic OH excluding ortho intramolecular Hbond substituents is 1. The van der Waals surface area contributed by atoms with Gasteiger partial charge in [0.2, 0.25) is 0 Å². The highest BCUT2D eigenvalue weighted by Gasteiger charge is 2.37. The highest BCUT2D eigenvalue weighted by Crippen LogP contribution is 2.27. The molecule has 7 heteroatoms. The summed E-state index contributed by atoms with van der Waals surface area (Å²) in [6, 6.07) is 4.88. The average Bonchev–Trinajstić information content (AvgIpc) is 2.71. The highest BCUT2D eigenvalue weighted by molar-refractivity contribution is 5.97. The lowest BCUT2D eigenvalue weighted by Crippen LogP contribution is -2.58. The third kappa shape index (κ3) is 4.59. The van der Waals surface area contributed by atoms with Crippen molar-refractivity contribution in [2.24, 2.45) is 0 Å². The fourth-order valence-corrected chi connectivity index (χ4v) is 4.37. The van der Waals surface area contributed by atoms with Crippen molar-refractivity contribution in [1.29, 1.82) is 0 Å². The van der Waals surface area contributed by atoms with Gasteiger partial charge in [-0.25, -0.2) is 0 Å². The van der Waals surface area contributed by atoms with E-state index in [9.17, 15) is 15.0 Å². The molecule has 1 heterocycles. The van der Waals surface area contributed by atoms with Crippen molar-refractivity contribution >= 4 is 11.6 Å². The number of amides is 1. The summed E-state index contributed by atoms with van der Waals surface area (Å²) in [6.07, 6.45) is 2.01. The number of rotatable bonds is 6. The van der Waals surface area contributed by atoms with Gasteiger partial charge in [0, 0.05) is 44.0 Å². The number of nitrogens with one attached hydrogen (secondary N) is 1. The highest BCUT2D eigenvalue weighted by atomic mass is 16.5. The van der Waals surface area contributed by atoms with Crippen LogP contribution in [-0.4, -0.2) is 78.6 Å². The maximum atomic E-state index is 12.8. The Morgan fingerprint density at radius 3 is 2.61 bits per heavy atom. The quantitative estimate of drug-likeness (QED) is 0.683. The lowest BCUT2D eigenvalue weighted by atomic mass is 9.86. The van der Waals surface area contributed by atoms with Crippen molar-refractivity contribution in [1.82, 2.24) is 10.2 Å². The van der Waals surface area contributed by atoms with E-state index in [2.05, 4.69) is 29.0 Å². The molecule has 156 valence electrons. The second-order valence-corrected chi connectivity index (χ2v) is 7.59. The molecule has 0 unspecified atom stereocenters. The van der Waals surface area contributed by atoms with Gasteiger partial charge in [0.1, 0.15) is 5.75 Å². The van der Waals surface area contributed by atoms with Crippen LogP contribution in [0.1, 0.15) is 43.5 Å². The van der Waals surface area contributed by atoms with E-state index in [0.29, 0.717) is 13.2 Å². The average molecular weight is 392 g/mol. The van der Waals surface area contributed by atoms with Gasteiger partial charge in [0.05, 0.1) is 30.9 Å². The number of aliphatic hydroxyl groups excluding tert-OH is 1. The smallest absolute Gasteiger partial charge is 0.255 e. The molecule has 28 heavy (non-hydrogen) atoms. The van der Waals surface area contributed by atoms with Crippen LogP contribution in [0, 0.1) is 0 Å². The summed E-state index contributed by atoms with van der Waals surface area (Å²) < 4.78 is 5.41. The molecule has 3 rings (SSSR count). The van der Waals surface area contributed by atoms with Gasteiger partial charge in [-0.05, 0) is 45.2 Å². The summed E-state index contributed by atoms with van der Waals surface area (Å²) in [7, 11) is 0. The van der Waals surface area contributed by atoms with Crippen molar-refractivity contribution in [2.45, 2.75) is 51.3 Å². The van der Waals surface area contributed by atoms with E-state index in [0.717, 1.165) is 51.1 Å². The number of hydrogen-bond donors (Lipinski definition) is 3. The van der Waals surface area contributed by atoms with Crippen LogP contribution in [-0.2, 0) is 4.74 Å². The number of hydrogen-bond acceptors (Lipinski definition) is 6. The standard InChI is InChI=1S/C21H33N3O4/c1-3-23(4-2)15-8-9-16(19(25)14-15)21(27)22-17-6-5-7-18(20(17)26)24-10-12-28-13-11-24/h8-9,14,17-18,20,25-26H,3-7,10-13H2,1-2H3,(H,22,27)/t17-,18-,20-/m1/s1. The Bertz CT molecular complexity index is 659. The molecule has 0 radical (unpaired) electrons. The Morgan fingerprint density at radius 2 is 1.96 bits per heavy atom. The molecule has 1 saturated heterocycles. The molecule has 1 aliphatic heterocycles. The monoisotopic (exact) mass is 391 g/mol. The Hall–Kier alpha value is -1.83. The van der Waals surface area contributed by atoms with E-state index in [1.54, 1.807) is 12.1 Å². The topological polar surface area (TPSA) is 85.3 Å². The van der Waals surface area contributed by atoms with Gasteiger partial charge in [-0.15, -0.1) is 0 Å². The van der Waals surface area contributed by atoms with Gasteiger partial charge in [-0.2, -0.15) is 0 Å². The molecule has 1 aromatic carbocycles. The molecule has 3 atom stereocenters. The van der Waals surface area contributed by atoms with Gasteiger partial charge >= 0.3 is 0 Å². The number of anilines is 1. The van der Waals surface area contributed by atoms with Crippen molar-refractivity contribution in [3.8, 4) is 5.75 Å². The van der Waals surface area contributed by atoms with Crippen LogP contribution >= 0.6 is 0 Å². The number of carbonyl (C=O) groups is 1. The van der Waals surface area contributed by atoms with Crippen molar-refractivity contribution in [2.75, 3.05) is 44.3 Å². The molecule has 0 aromatic heterocycles. The third-order valence-electron chi connectivity index (χ3n) is 6.01. The summed E-state index contributed by atoms with van der Waals surface area (Å²) in [5.41, 5.74) is 1.14. The number of morpholine rings is 1. The molecule has 1 amide bonds. The van der Waals surface area contributed by atoms with Crippen LogP contribution in [0.15, 0.2) is 18.2 Å². The number of aromatic hydroxyl groups is 1. The minimum absolute atomic E-state index is 0.0306. The second-order valence-electron chi connectivity index (χ2n) is 7.59. The fraction of sp³-hybridized carbons (Fsp3) is 0.667. The van der Waals surface area contributed by atoms with Crippen molar-refractivity contribution < 1.29 is 19.7 Å². The zero-order chi connectivity index (χ0) is 20.1. The number of phenols is 1. The van der Waals surface area contributed by atoms with Gasteiger partial charge in [-0.1, -0.05) is 0 Å². The summed E-state index contributed by atoms with van der Waals surface area (Å²) in [5.74, 6) is -0.368. The van der Waals surface area contributed by atoms with Crippen LogP contribution in [0.2, 0.25) is 0 Å². The van der Waals surface area contributed by atoms with Crippen LogP contribution in [0.25, 0.3) is 0 Å². The molecule has 3 N–H and O–H groups in total. The van der Waals surface area contributed by atoms with Gasteiger partial charge in [0.25, 0.3) is 5.91 Å². The maximum absolute atomic E-state index is 12.8. The zero-order valence-electron chi connectivity index (χ0n) is 16.9. The summed E-state index contributed by atoms with van der Waals surface area (Å²) in [6.45, 7) is 8.77. The molecular weight excluding hydrogens is 358 g/mol. The van der Waals surface area contributed by atoms with Crippen LogP contribution in [0.5, 0.6) is 5.75 Å². The SMILES string of the molecule is CCN(CC)c1ccc(C(=O)N[C@@H]2CCC[C@@H](N3CCOCC3)[C@@H]2O)c(O)c1. The van der Waals surface area contributed by atoms with Crippen molar-refractivity contribution in [3.05, 3.63) is 23.8 Å². The fourth-order valence-electron chi connectivity index (χ4n) is 4.37. The zero-order valence-corrected chi connectivity index (χ0v) is 16.9. The first-order valence-electron chi connectivity index (χ1n) is 10.4. The van der Waals surface area contributed by atoms with Crippen LogP contribution < -0.4 is 10.2 Å². The Kier molecular flexibility index (Phi) is 7.15. The van der Waals surface area contributed by atoms with E-state index in [-0.39, 0.29) is 29.3 Å². The number of carbonyl (C=O) groups excluding carboxylic acids is 1. The van der Waals surface area contributed by atoms with Gasteiger partial charge in [-0.3, -0.25) is 9.69 Å². The number of benzene rings is 1. The number of aliphatic hydroxyl groups is 1. The van der Waals surface area contributed by atoms with E-state index in [1.165, 1.54) is 0 Å². The first-order chi connectivity index (χ1) is 13.5. The molecule has 1 aromatic rings. The predicted octanol–water partition coefficient (Wildman–Crippen LogP) is 1.58. The summed E-state index contributed by atoms with van der Waals surface area (Å²) >= 11 is 0. The second kappa shape index (κ2) is 9.58. The van der Waals surface area contributed by atoms with Crippen molar-refractivity contribution in [3.63, 3.8) is 0 Å². The minimum atomic E-state index is -0.618. The normalized spacial score (nSPS) is 26.0. The lowest BCUT2D eigenvalue weighted by Gasteiger charge is -2.43. The van der Waals surface area contributed by atoms with E-state index in [1.807, 2.05) is 6.07 Å². The summed E-state index contributed by atoms with van der Waals surface area (Å²) in [5, 5.41) is 24.2. The van der Waals surface area contributed by atoms with Gasteiger partial charge in [0.15, 0.2) is 0 Å². The predicted molar refractivity (Wildman–Crippen MR) is 109 cm³/mol.